The number of para-hydroxylation sites is 1. The van der Waals surface area contributed by atoms with Crippen LogP contribution in [0.5, 0.6) is 0 Å². The molecule has 0 atom stereocenters. The number of anilines is 3. The predicted octanol–water partition coefficient (Wildman–Crippen LogP) is 3.96. The van der Waals surface area contributed by atoms with Crippen LogP contribution in [0, 0.1) is 5.82 Å². The molecule has 176 valence electrons. The first-order chi connectivity index (χ1) is 16.5. The fourth-order valence-electron chi connectivity index (χ4n) is 3.97. The summed E-state index contributed by atoms with van der Waals surface area (Å²) >= 11 is 0. The summed E-state index contributed by atoms with van der Waals surface area (Å²) in [6.45, 7) is 1.72. The molecular weight excluding hydrogens is 437 g/mol. The van der Waals surface area contributed by atoms with Gasteiger partial charge in [0, 0.05) is 17.8 Å². The summed E-state index contributed by atoms with van der Waals surface area (Å²) in [6.07, 6.45) is 3.26. The lowest BCUT2D eigenvalue weighted by molar-refractivity contribution is -0.117. The average molecular weight is 464 g/mol. The number of rotatable bonds is 7. The molecule has 34 heavy (non-hydrogen) atoms. The maximum Gasteiger partial charge on any atom is 0.338 e. The minimum absolute atomic E-state index is 0.197. The second-order valence-electron chi connectivity index (χ2n) is 8.07. The number of nitrogens with zero attached hydrogens (tertiary/aromatic N) is 3. The van der Waals surface area contributed by atoms with Crippen LogP contribution in [0.1, 0.15) is 34.8 Å². The first kappa shape index (κ1) is 23.3. The van der Waals surface area contributed by atoms with Crippen LogP contribution >= 0.6 is 0 Å². The summed E-state index contributed by atoms with van der Waals surface area (Å²) in [5, 5.41) is 5.78. The van der Waals surface area contributed by atoms with Crippen molar-refractivity contribution in [2.45, 2.75) is 18.8 Å². The third kappa shape index (κ3) is 5.93. The largest absolute Gasteiger partial charge is 0.465 e. The van der Waals surface area contributed by atoms with E-state index in [0.29, 0.717) is 17.2 Å². The van der Waals surface area contributed by atoms with E-state index >= 15 is 0 Å². The van der Waals surface area contributed by atoms with Crippen molar-refractivity contribution in [1.29, 1.82) is 0 Å². The summed E-state index contributed by atoms with van der Waals surface area (Å²) in [6, 6.07) is 15.1. The topological polar surface area (TPSA) is 96.5 Å². The highest BCUT2D eigenvalue weighted by atomic mass is 19.1. The molecule has 1 aliphatic heterocycles. The zero-order chi connectivity index (χ0) is 23.9. The van der Waals surface area contributed by atoms with Gasteiger partial charge in [-0.25, -0.2) is 19.2 Å². The van der Waals surface area contributed by atoms with Crippen LogP contribution < -0.4 is 10.6 Å². The van der Waals surface area contributed by atoms with Crippen molar-refractivity contribution < 1.29 is 18.7 Å². The van der Waals surface area contributed by atoms with Crippen LogP contribution in [-0.4, -0.2) is 53.5 Å². The molecule has 1 amide bonds. The molecule has 1 fully saturated rings. The van der Waals surface area contributed by atoms with E-state index in [-0.39, 0.29) is 24.1 Å². The van der Waals surface area contributed by atoms with Gasteiger partial charge in [-0.05, 0) is 62.3 Å². The number of esters is 1. The van der Waals surface area contributed by atoms with Gasteiger partial charge >= 0.3 is 5.97 Å². The monoisotopic (exact) mass is 463 g/mol. The molecule has 9 heteroatoms. The van der Waals surface area contributed by atoms with Crippen molar-refractivity contribution in [3.05, 3.63) is 77.9 Å². The number of piperidine rings is 1. The third-order valence-electron chi connectivity index (χ3n) is 5.73. The number of likely N-dealkylation sites (tertiary alicyclic amines) is 1. The van der Waals surface area contributed by atoms with Crippen molar-refractivity contribution >= 4 is 29.2 Å². The zero-order valence-electron chi connectivity index (χ0n) is 18.8. The Balaban J connectivity index is 1.32. The maximum absolute atomic E-state index is 13.7. The number of pyridine rings is 2. The molecule has 3 aromatic rings. The van der Waals surface area contributed by atoms with Crippen LogP contribution in [-0.2, 0) is 9.53 Å². The fraction of sp³-hybridized carbons (Fsp3) is 0.280. The van der Waals surface area contributed by atoms with E-state index in [1.807, 2.05) is 18.2 Å². The molecule has 1 aliphatic rings. The molecule has 0 unspecified atom stereocenters. The number of hydrogen-bond acceptors (Lipinski definition) is 7. The fourth-order valence-corrected chi connectivity index (χ4v) is 3.97. The summed E-state index contributed by atoms with van der Waals surface area (Å²) < 4.78 is 18.5. The number of hydrogen-bond donors (Lipinski definition) is 2. The van der Waals surface area contributed by atoms with Gasteiger partial charge in [-0.2, -0.15) is 0 Å². The normalized spacial score (nSPS) is 14.4. The molecule has 1 aromatic carbocycles. The second-order valence-corrected chi connectivity index (χ2v) is 8.07. The van der Waals surface area contributed by atoms with Crippen LogP contribution in [0.3, 0.4) is 0 Å². The minimum atomic E-state index is -0.443. The van der Waals surface area contributed by atoms with Gasteiger partial charge in [-0.1, -0.05) is 18.2 Å². The molecule has 2 N–H and O–H groups in total. The van der Waals surface area contributed by atoms with Crippen molar-refractivity contribution in [2.75, 3.05) is 37.4 Å². The SMILES string of the molecule is COC(=O)c1ccnc(Nc2cccc(C3CCN(CC(=O)Nc4ccccc4F)CC3)n2)c1. The highest BCUT2D eigenvalue weighted by Crippen LogP contribution is 2.28. The van der Waals surface area contributed by atoms with E-state index in [0.717, 1.165) is 31.6 Å². The Hall–Kier alpha value is -3.85. The second kappa shape index (κ2) is 10.8. The zero-order valence-corrected chi connectivity index (χ0v) is 18.8. The number of nitrogens with one attached hydrogen (secondary N) is 2. The Morgan fingerprint density at radius 3 is 2.65 bits per heavy atom. The molecular formula is C25H26FN5O3. The number of ether oxygens (including phenoxy) is 1. The van der Waals surface area contributed by atoms with Gasteiger partial charge in [0.15, 0.2) is 0 Å². The molecule has 3 heterocycles. The van der Waals surface area contributed by atoms with Crippen molar-refractivity contribution in [3.8, 4) is 0 Å². The Labute approximate surface area is 197 Å². The number of halogens is 1. The molecule has 4 rings (SSSR count). The van der Waals surface area contributed by atoms with E-state index in [1.165, 1.54) is 19.4 Å². The summed E-state index contributed by atoms with van der Waals surface area (Å²) in [4.78, 5) is 35.1. The van der Waals surface area contributed by atoms with Gasteiger partial charge in [-0.15, -0.1) is 0 Å². The maximum atomic E-state index is 13.7. The van der Waals surface area contributed by atoms with Gasteiger partial charge in [0.05, 0.1) is 24.9 Å². The summed E-state index contributed by atoms with van der Waals surface area (Å²) in [5.41, 5.74) is 1.56. The Morgan fingerprint density at radius 2 is 1.88 bits per heavy atom. The Morgan fingerprint density at radius 1 is 1.09 bits per heavy atom. The lowest BCUT2D eigenvalue weighted by Gasteiger charge is -2.31. The molecule has 0 bridgehead atoms. The lowest BCUT2D eigenvalue weighted by Crippen LogP contribution is -2.39. The minimum Gasteiger partial charge on any atom is -0.465 e. The third-order valence-corrected chi connectivity index (χ3v) is 5.73. The van der Waals surface area contributed by atoms with Gasteiger partial charge in [0.2, 0.25) is 5.91 Å². The number of methoxy groups -OCH3 is 1. The molecule has 0 aliphatic carbocycles. The van der Waals surface area contributed by atoms with Crippen LogP contribution in [0.15, 0.2) is 60.8 Å². The van der Waals surface area contributed by atoms with Crippen LogP contribution in [0.25, 0.3) is 0 Å². The molecule has 0 radical (unpaired) electrons. The van der Waals surface area contributed by atoms with Gasteiger partial charge in [-0.3, -0.25) is 9.69 Å². The first-order valence-corrected chi connectivity index (χ1v) is 11.1. The standard InChI is InChI=1S/C25H26FN5O3/c1-34-25(33)18-9-12-27-23(15-18)30-22-8-4-7-20(28-22)17-10-13-31(14-11-17)16-24(32)29-21-6-3-2-5-19(21)26/h2-9,12,15,17H,10-11,13-14,16H2,1H3,(H,29,32)(H,27,28,30). The molecule has 8 nitrogen and oxygen atoms in total. The van der Waals surface area contributed by atoms with E-state index in [4.69, 9.17) is 9.72 Å². The highest BCUT2D eigenvalue weighted by Gasteiger charge is 2.23. The quantitative estimate of drug-likeness (QED) is 0.512. The molecule has 0 spiro atoms. The van der Waals surface area contributed by atoms with Crippen LogP contribution in [0.4, 0.5) is 21.7 Å². The highest BCUT2D eigenvalue weighted by molar-refractivity contribution is 5.92. The number of carbonyl (C=O) groups is 2. The number of aromatic nitrogens is 2. The van der Waals surface area contributed by atoms with E-state index in [2.05, 4.69) is 20.5 Å². The average Bonchev–Trinajstić information content (AvgIpc) is 2.86. The van der Waals surface area contributed by atoms with E-state index < -0.39 is 11.8 Å². The molecule has 2 aromatic heterocycles. The van der Waals surface area contributed by atoms with Crippen molar-refractivity contribution in [3.63, 3.8) is 0 Å². The lowest BCUT2D eigenvalue weighted by atomic mass is 9.93. The Kier molecular flexibility index (Phi) is 7.44. The summed E-state index contributed by atoms with van der Waals surface area (Å²) in [5.74, 6) is 0.307. The summed E-state index contributed by atoms with van der Waals surface area (Å²) in [7, 11) is 1.34. The van der Waals surface area contributed by atoms with Crippen molar-refractivity contribution in [1.82, 2.24) is 14.9 Å². The number of carbonyl (C=O) groups excluding carboxylic acids is 2. The van der Waals surface area contributed by atoms with Gasteiger partial charge < -0.3 is 15.4 Å². The van der Waals surface area contributed by atoms with E-state index in [1.54, 1.807) is 30.3 Å². The van der Waals surface area contributed by atoms with Crippen molar-refractivity contribution in [2.24, 2.45) is 0 Å². The smallest absolute Gasteiger partial charge is 0.338 e. The van der Waals surface area contributed by atoms with E-state index in [9.17, 15) is 14.0 Å². The molecule has 1 saturated heterocycles. The molecule has 0 saturated carbocycles. The number of amides is 1. The van der Waals surface area contributed by atoms with Crippen LogP contribution in [0.2, 0.25) is 0 Å². The predicted molar refractivity (Wildman–Crippen MR) is 127 cm³/mol. The number of benzene rings is 1. The Bertz CT molecular complexity index is 1160. The van der Waals surface area contributed by atoms with Gasteiger partial charge in [0.1, 0.15) is 17.5 Å². The van der Waals surface area contributed by atoms with Gasteiger partial charge in [0.25, 0.3) is 0 Å². The first-order valence-electron chi connectivity index (χ1n) is 11.1.